The number of nitrogens with one attached hydrogen (secondary N) is 2. The van der Waals surface area contributed by atoms with Gasteiger partial charge in [-0.2, -0.15) is 0 Å². The van der Waals surface area contributed by atoms with Gasteiger partial charge in [0.05, 0.1) is 29.6 Å². The fourth-order valence-corrected chi connectivity index (χ4v) is 2.03. The lowest BCUT2D eigenvalue weighted by molar-refractivity contribution is -0.117. The van der Waals surface area contributed by atoms with Gasteiger partial charge < -0.3 is 15.4 Å². The molecule has 0 aliphatic heterocycles. The number of benzene rings is 1. The number of hydrogen-bond donors (Lipinski definition) is 2. The maximum absolute atomic E-state index is 12.1. The monoisotopic (exact) mass is 333 g/mol. The molecule has 0 aliphatic carbocycles. The molecule has 0 saturated heterocycles. The van der Waals surface area contributed by atoms with E-state index in [1.807, 2.05) is 0 Å². The molecular formula is C16H16ClN3O3. The molecular weight excluding hydrogens is 318 g/mol. The molecule has 2 rings (SSSR count). The number of carbonyl (C=O) groups excluding carboxylic acids is 2. The highest BCUT2D eigenvalue weighted by molar-refractivity contribution is 6.33. The van der Waals surface area contributed by atoms with Crippen molar-refractivity contribution in [1.82, 2.24) is 10.3 Å². The number of pyridine rings is 1. The first-order valence-corrected chi connectivity index (χ1v) is 7.25. The number of halogens is 1. The average Bonchev–Trinajstić information content (AvgIpc) is 2.55. The number of nitrogens with zero attached hydrogens (tertiary/aromatic N) is 1. The minimum Gasteiger partial charge on any atom is -0.481 e. The molecule has 0 saturated carbocycles. The van der Waals surface area contributed by atoms with Crippen molar-refractivity contribution in [3.8, 4) is 5.88 Å². The van der Waals surface area contributed by atoms with Crippen LogP contribution < -0.4 is 15.4 Å². The van der Waals surface area contributed by atoms with E-state index in [0.717, 1.165) is 0 Å². The van der Waals surface area contributed by atoms with Crippen LogP contribution in [0.1, 0.15) is 17.3 Å². The second-order valence-electron chi connectivity index (χ2n) is 4.75. The lowest BCUT2D eigenvalue weighted by Crippen LogP contribution is -2.41. The third kappa shape index (κ3) is 4.43. The summed E-state index contributed by atoms with van der Waals surface area (Å²) in [5, 5.41) is 5.59. The summed E-state index contributed by atoms with van der Waals surface area (Å²) in [5.74, 6) is -0.327. The Kier molecular flexibility index (Phi) is 5.54. The van der Waals surface area contributed by atoms with Crippen LogP contribution in [0.3, 0.4) is 0 Å². The molecule has 0 spiro atoms. The Bertz CT molecular complexity index is 704. The average molecular weight is 334 g/mol. The molecule has 6 nitrogen and oxygen atoms in total. The Labute approximate surface area is 138 Å². The summed E-state index contributed by atoms with van der Waals surface area (Å²) in [6, 6.07) is 9.19. The zero-order valence-electron chi connectivity index (χ0n) is 12.7. The predicted molar refractivity (Wildman–Crippen MR) is 87.8 cm³/mol. The molecule has 1 aromatic carbocycles. The number of anilines is 1. The van der Waals surface area contributed by atoms with Gasteiger partial charge in [0.15, 0.2) is 0 Å². The molecule has 120 valence electrons. The third-order valence-electron chi connectivity index (χ3n) is 3.07. The second kappa shape index (κ2) is 7.60. The quantitative estimate of drug-likeness (QED) is 0.881. The normalized spacial score (nSPS) is 11.4. The van der Waals surface area contributed by atoms with E-state index < -0.39 is 11.9 Å². The Morgan fingerprint density at radius 1 is 1.22 bits per heavy atom. The highest BCUT2D eigenvalue weighted by Gasteiger charge is 2.18. The molecule has 0 bridgehead atoms. The van der Waals surface area contributed by atoms with E-state index in [1.165, 1.54) is 13.3 Å². The van der Waals surface area contributed by atoms with Crippen molar-refractivity contribution in [2.24, 2.45) is 0 Å². The van der Waals surface area contributed by atoms with Crippen molar-refractivity contribution in [3.05, 3.63) is 53.2 Å². The lowest BCUT2D eigenvalue weighted by atomic mass is 10.2. The van der Waals surface area contributed by atoms with Crippen molar-refractivity contribution >= 4 is 29.1 Å². The molecule has 1 unspecified atom stereocenters. The Morgan fingerprint density at radius 2 is 1.96 bits per heavy atom. The molecule has 0 fully saturated rings. The predicted octanol–water partition coefficient (Wildman–Crippen LogP) is 2.50. The molecule has 2 N–H and O–H groups in total. The largest absolute Gasteiger partial charge is 0.481 e. The van der Waals surface area contributed by atoms with Crippen LogP contribution in [0.4, 0.5) is 5.69 Å². The van der Waals surface area contributed by atoms with E-state index in [0.29, 0.717) is 22.2 Å². The van der Waals surface area contributed by atoms with E-state index in [4.69, 9.17) is 16.3 Å². The fourth-order valence-electron chi connectivity index (χ4n) is 1.81. The molecule has 2 amide bonds. The SMILES string of the molecule is COc1ccc(NC(=O)C(C)NC(=O)c2ccccc2Cl)cn1. The number of ether oxygens (including phenoxy) is 1. The zero-order valence-corrected chi connectivity index (χ0v) is 13.4. The van der Waals surface area contributed by atoms with E-state index in [-0.39, 0.29) is 5.91 Å². The van der Waals surface area contributed by atoms with Crippen molar-refractivity contribution in [3.63, 3.8) is 0 Å². The van der Waals surface area contributed by atoms with E-state index in [9.17, 15) is 9.59 Å². The summed E-state index contributed by atoms with van der Waals surface area (Å²) in [7, 11) is 1.51. The number of hydrogen-bond acceptors (Lipinski definition) is 4. The van der Waals surface area contributed by atoms with Crippen molar-refractivity contribution in [2.45, 2.75) is 13.0 Å². The van der Waals surface area contributed by atoms with E-state index in [1.54, 1.807) is 43.3 Å². The first-order chi connectivity index (χ1) is 11.0. The highest BCUT2D eigenvalue weighted by atomic mass is 35.5. The van der Waals surface area contributed by atoms with Gasteiger partial charge in [-0.1, -0.05) is 23.7 Å². The molecule has 1 heterocycles. The smallest absolute Gasteiger partial charge is 0.253 e. The number of amides is 2. The molecule has 0 radical (unpaired) electrons. The van der Waals surface area contributed by atoms with E-state index >= 15 is 0 Å². The molecule has 1 atom stereocenters. The summed E-state index contributed by atoms with van der Waals surface area (Å²) < 4.78 is 4.94. The summed E-state index contributed by atoms with van der Waals surface area (Å²) >= 11 is 5.96. The first kappa shape index (κ1) is 16.8. The van der Waals surface area contributed by atoms with E-state index in [2.05, 4.69) is 15.6 Å². The van der Waals surface area contributed by atoms with Gasteiger partial charge >= 0.3 is 0 Å². The van der Waals surface area contributed by atoms with Crippen molar-refractivity contribution in [2.75, 3.05) is 12.4 Å². The van der Waals surface area contributed by atoms with Crippen LogP contribution in [-0.4, -0.2) is 29.9 Å². The van der Waals surface area contributed by atoms with Crippen LogP contribution in [0.5, 0.6) is 5.88 Å². The van der Waals surface area contributed by atoms with Crippen LogP contribution in [0.25, 0.3) is 0 Å². The minimum atomic E-state index is -0.735. The summed E-state index contributed by atoms with van der Waals surface area (Å²) in [4.78, 5) is 28.2. The maximum atomic E-state index is 12.1. The van der Waals surface area contributed by atoms with Gasteiger partial charge in [-0.3, -0.25) is 9.59 Å². The number of aromatic nitrogens is 1. The molecule has 23 heavy (non-hydrogen) atoms. The van der Waals surface area contributed by atoms with Gasteiger partial charge in [0.25, 0.3) is 5.91 Å². The Hall–Kier alpha value is -2.60. The van der Waals surface area contributed by atoms with Crippen molar-refractivity contribution < 1.29 is 14.3 Å². The summed E-state index contributed by atoms with van der Waals surface area (Å²) in [6.07, 6.45) is 1.47. The number of rotatable bonds is 5. The van der Waals surface area contributed by atoms with Crippen LogP contribution >= 0.6 is 11.6 Å². The van der Waals surface area contributed by atoms with Gasteiger partial charge in [0.1, 0.15) is 6.04 Å². The van der Waals surface area contributed by atoms with Gasteiger partial charge in [-0.15, -0.1) is 0 Å². The highest BCUT2D eigenvalue weighted by Crippen LogP contribution is 2.15. The minimum absolute atomic E-state index is 0.319. The molecule has 0 aliphatic rings. The Morgan fingerprint density at radius 3 is 2.57 bits per heavy atom. The maximum Gasteiger partial charge on any atom is 0.253 e. The molecule has 2 aromatic rings. The second-order valence-corrected chi connectivity index (χ2v) is 5.16. The van der Waals surface area contributed by atoms with Gasteiger partial charge in [-0.25, -0.2) is 4.98 Å². The number of carbonyl (C=O) groups is 2. The fraction of sp³-hybridized carbons (Fsp3) is 0.188. The van der Waals surface area contributed by atoms with Gasteiger partial charge in [0.2, 0.25) is 11.8 Å². The van der Waals surface area contributed by atoms with Gasteiger partial charge in [0, 0.05) is 6.07 Å². The summed E-state index contributed by atoms with van der Waals surface area (Å²) in [6.45, 7) is 1.58. The first-order valence-electron chi connectivity index (χ1n) is 6.87. The van der Waals surface area contributed by atoms with Gasteiger partial charge in [-0.05, 0) is 25.1 Å². The number of methoxy groups -OCH3 is 1. The van der Waals surface area contributed by atoms with Crippen LogP contribution in [0, 0.1) is 0 Å². The zero-order chi connectivity index (χ0) is 16.8. The standard InChI is InChI=1S/C16H16ClN3O3/c1-10(19-16(22)12-5-3-4-6-13(12)17)15(21)20-11-7-8-14(23-2)18-9-11/h3-10H,1-2H3,(H,19,22)(H,20,21). The Balaban J connectivity index is 1.96. The molecule has 1 aromatic heterocycles. The van der Waals surface area contributed by atoms with Crippen LogP contribution in [-0.2, 0) is 4.79 Å². The molecule has 7 heteroatoms. The van der Waals surface area contributed by atoms with Crippen LogP contribution in [0.2, 0.25) is 5.02 Å². The lowest BCUT2D eigenvalue weighted by Gasteiger charge is -2.14. The third-order valence-corrected chi connectivity index (χ3v) is 3.40. The topological polar surface area (TPSA) is 80.3 Å². The van der Waals surface area contributed by atoms with Crippen molar-refractivity contribution in [1.29, 1.82) is 0 Å². The van der Waals surface area contributed by atoms with Crippen LogP contribution in [0.15, 0.2) is 42.6 Å². The summed E-state index contributed by atoms with van der Waals surface area (Å²) in [5.41, 5.74) is 0.828.